The summed E-state index contributed by atoms with van der Waals surface area (Å²) in [6.45, 7) is 2.21. The van der Waals surface area contributed by atoms with Crippen LogP contribution in [-0.2, 0) is 11.3 Å². The lowest BCUT2D eigenvalue weighted by Crippen LogP contribution is -2.27. The number of aromatic nitrogens is 2. The Labute approximate surface area is 158 Å². The molecular weight excluding hydrogens is 372 g/mol. The number of aryl methyl sites for hydroxylation is 1. The molecule has 0 unspecified atom stereocenters. The number of furan rings is 1. The molecular formula is C17H16N4O5S. The Bertz CT molecular complexity index is 968. The van der Waals surface area contributed by atoms with Crippen LogP contribution in [0, 0.1) is 17.0 Å². The molecule has 140 valence electrons. The van der Waals surface area contributed by atoms with Crippen LogP contribution in [0.25, 0.3) is 11.5 Å². The molecule has 10 heteroatoms. The Morgan fingerprint density at radius 3 is 2.78 bits per heavy atom. The molecule has 0 fully saturated rings. The molecule has 0 saturated heterocycles. The molecule has 0 aliphatic carbocycles. The molecule has 0 spiro atoms. The fourth-order valence-electron chi connectivity index (χ4n) is 2.26. The van der Waals surface area contributed by atoms with Gasteiger partial charge in [-0.15, -0.1) is 10.2 Å². The number of carbonyl (C=O) groups is 1. The molecule has 0 atom stereocenters. The maximum Gasteiger partial charge on any atom is 0.277 e. The standard InChI is InChI=1S/C17H16N4O5S/c1-11-6-7-14(25-11)9-20(2)15(22)10-27-17-19-18-16(26-17)12-4-3-5-13(8-12)21(23)24/h3-8H,9-10H2,1-2H3. The molecule has 0 saturated carbocycles. The zero-order valence-electron chi connectivity index (χ0n) is 14.6. The SMILES string of the molecule is Cc1ccc(CN(C)C(=O)CSc2nnc(-c3cccc([N+](=O)[O-])c3)o2)o1. The Morgan fingerprint density at radius 2 is 2.07 bits per heavy atom. The summed E-state index contributed by atoms with van der Waals surface area (Å²) in [6, 6.07) is 9.58. The average molecular weight is 388 g/mol. The summed E-state index contributed by atoms with van der Waals surface area (Å²) in [5.41, 5.74) is 0.380. The van der Waals surface area contributed by atoms with Crippen molar-refractivity contribution in [1.29, 1.82) is 0 Å². The van der Waals surface area contributed by atoms with E-state index in [-0.39, 0.29) is 28.5 Å². The fraction of sp³-hybridized carbons (Fsp3) is 0.235. The summed E-state index contributed by atoms with van der Waals surface area (Å²) < 4.78 is 10.9. The Balaban J connectivity index is 1.58. The summed E-state index contributed by atoms with van der Waals surface area (Å²) in [6.07, 6.45) is 0. The third-order valence-electron chi connectivity index (χ3n) is 3.64. The van der Waals surface area contributed by atoms with Crippen molar-refractivity contribution in [2.75, 3.05) is 12.8 Å². The molecule has 0 N–H and O–H groups in total. The normalized spacial score (nSPS) is 10.7. The number of nitro groups is 1. The number of non-ortho nitro benzene ring substituents is 1. The van der Waals surface area contributed by atoms with E-state index in [0.717, 1.165) is 17.5 Å². The van der Waals surface area contributed by atoms with Crippen LogP contribution in [0.1, 0.15) is 11.5 Å². The number of nitro benzene ring substituents is 1. The minimum absolute atomic E-state index is 0.0649. The first-order valence-corrected chi connectivity index (χ1v) is 8.91. The lowest BCUT2D eigenvalue weighted by Gasteiger charge is -2.14. The van der Waals surface area contributed by atoms with Crippen molar-refractivity contribution in [1.82, 2.24) is 15.1 Å². The van der Waals surface area contributed by atoms with Crippen molar-refractivity contribution in [2.24, 2.45) is 0 Å². The van der Waals surface area contributed by atoms with Gasteiger partial charge in [-0.3, -0.25) is 14.9 Å². The minimum Gasteiger partial charge on any atom is -0.464 e. The third kappa shape index (κ3) is 4.73. The lowest BCUT2D eigenvalue weighted by molar-refractivity contribution is -0.384. The summed E-state index contributed by atoms with van der Waals surface area (Å²) >= 11 is 1.10. The van der Waals surface area contributed by atoms with Crippen LogP contribution >= 0.6 is 11.8 Å². The van der Waals surface area contributed by atoms with E-state index in [1.807, 2.05) is 19.1 Å². The number of rotatable bonds is 7. The first-order chi connectivity index (χ1) is 12.9. The monoisotopic (exact) mass is 388 g/mol. The van der Waals surface area contributed by atoms with Gasteiger partial charge in [0.05, 0.1) is 17.2 Å². The van der Waals surface area contributed by atoms with E-state index in [1.165, 1.54) is 12.1 Å². The lowest BCUT2D eigenvalue weighted by atomic mass is 10.2. The number of carbonyl (C=O) groups excluding carboxylic acids is 1. The first-order valence-electron chi connectivity index (χ1n) is 7.93. The van der Waals surface area contributed by atoms with Gasteiger partial charge in [-0.2, -0.15) is 0 Å². The molecule has 1 amide bonds. The molecule has 1 aromatic carbocycles. The zero-order valence-corrected chi connectivity index (χ0v) is 15.4. The smallest absolute Gasteiger partial charge is 0.277 e. The highest BCUT2D eigenvalue weighted by molar-refractivity contribution is 7.99. The van der Waals surface area contributed by atoms with E-state index < -0.39 is 4.92 Å². The first kappa shape index (κ1) is 18.6. The number of amides is 1. The van der Waals surface area contributed by atoms with Crippen molar-refractivity contribution in [2.45, 2.75) is 18.7 Å². The van der Waals surface area contributed by atoms with Crippen LogP contribution in [0.15, 0.2) is 50.5 Å². The van der Waals surface area contributed by atoms with Crippen LogP contribution < -0.4 is 0 Å². The highest BCUT2D eigenvalue weighted by Crippen LogP contribution is 2.26. The molecule has 2 heterocycles. The van der Waals surface area contributed by atoms with Crippen LogP contribution in [0.2, 0.25) is 0 Å². The van der Waals surface area contributed by atoms with Crippen molar-refractivity contribution >= 4 is 23.4 Å². The van der Waals surface area contributed by atoms with Crippen molar-refractivity contribution in [3.05, 3.63) is 58.0 Å². The second-order valence-corrected chi connectivity index (χ2v) is 6.66. The average Bonchev–Trinajstić information content (AvgIpc) is 3.28. The van der Waals surface area contributed by atoms with E-state index in [2.05, 4.69) is 10.2 Å². The van der Waals surface area contributed by atoms with E-state index in [0.29, 0.717) is 17.9 Å². The Kier molecular flexibility index (Phi) is 5.55. The maximum absolute atomic E-state index is 12.2. The predicted molar refractivity (Wildman–Crippen MR) is 97.0 cm³/mol. The van der Waals surface area contributed by atoms with Crippen molar-refractivity contribution in [3.8, 4) is 11.5 Å². The van der Waals surface area contributed by atoms with E-state index in [9.17, 15) is 14.9 Å². The molecule has 27 heavy (non-hydrogen) atoms. The van der Waals surface area contributed by atoms with Crippen molar-refractivity contribution in [3.63, 3.8) is 0 Å². The predicted octanol–water partition coefficient (Wildman–Crippen LogP) is 3.30. The quantitative estimate of drug-likeness (QED) is 0.344. The number of benzene rings is 1. The Hall–Kier alpha value is -3.14. The molecule has 0 radical (unpaired) electrons. The van der Waals surface area contributed by atoms with Gasteiger partial charge in [0.1, 0.15) is 11.5 Å². The Morgan fingerprint density at radius 1 is 1.26 bits per heavy atom. The van der Waals surface area contributed by atoms with Crippen molar-refractivity contribution < 1.29 is 18.6 Å². The summed E-state index contributed by atoms with van der Waals surface area (Å²) in [4.78, 5) is 24.1. The highest BCUT2D eigenvalue weighted by atomic mass is 32.2. The minimum atomic E-state index is -0.495. The van der Waals surface area contributed by atoms with E-state index in [1.54, 1.807) is 24.1 Å². The van der Waals surface area contributed by atoms with Gasteiger partial charge in [0.25, 0.3) is 10.9 Å². The van der Waals surface area contributed by atoms with Crippen LogP contribution in [-0.4, -0.2) is 38.7 Å². The van der Waals surface area contributed by atoms with Crippen LogP contribution in [0.3, 0.4) is 0 Å². The second kappa shape index (κ2) is 8.04. The number of thioether (sulfide) groups is 1. The molecule has 0 bridgehead atoms. The summed E-state index contributed by atoms with van der Waals surface area (Å²) in [5.74, 6) is 1.66. The topological polar surface area (TPSA) is 116 Å². The molecule has 3 rings (SSSR count). The van der Waals surface area contributed by atoms with Gasteiger partial charge in [-0.1, -0.05) is 17.8 Å². The van der Waals surface area contributed by atoms with Gasteiger partial charge < -0.3 is 13.7 Å². The van der Waals surface area contributed by atoms with Gasteiger partial charge in [-0.25, -0.2) is 0 Å². The molecule has 9 nitrogen and oxygen atoms in total. The molecule has 2 aromatic heterocycles. The van der Waals surface area contributed by atoms with Gasteiger partial charge in [0, 0.05) is 24.7 Å². The molecule has 0 aliphatic rings. The maximum atomic E-state index is 12.2. The zero-order chi connectivity index (χ0) is 19.4. The second-order valence-electron chi connectivity index (χ2n) is 5.73. The van der Waals surface area contributed by atoms with Crippen LogP contribution in [0.5, 0.6) is 0 Å². The van der Waals surface area contributed by atoms with Gasteiger partial charge in [0.2, 0.25) is 11.8 Å². The molecule has 0 aliphatic heterocycles. The van der Waals surface area contributed by atoms with Gasteiger partial charge >= 0.3 is 0 Å². The summed E-state index contributed by atoms with van der Waals surface area (Å²) in [5, 5.41) is 18.8. The van der Waals surface area contributed by atoms with E-state index in [4.69, 9.17) is 8.83 Å². The number of hydrogen-bond donors (Lipinski definition) is 0. The number of nitrogens with zero attached hydrogens (tertiary/aromatic N) is 4. The summed E-state index contributed by atoms with van der Waals surface area (Å²) in [7, 11) is 1.68. The third-order valence-corrected chi connectivity index (χ3v) is 4.45. The van der Waals surface area contributed by atoms with Gasteiger partial charge in [-0.05, 0) is 25.1 Å². The van der Waals surface area contributed by atoms with E-state index >= 15 is 0 Å². The highest BCUT2D eigenvalue weighted by Gasteiger charge is 2.16. The van der Waals surface area contributed by atoms with Crippen LogP contribution in [0.4, 0.5) is 5.69 Å². The number of hydrogen-bond acceptors (Lipinski definition) is 8. The van der Waals surface area contributed by atoms with Gasteiger partial charge in [0.15, 0.2) is 0 Å². The fourth-order valence-corrected chi connectivity index (χ4v) is 2.97. The molecule has 3 aromatic rings. The largest absolute Gasteiger partial charge is 0.464 e.